The number of carbonyl (C=O) groups is 1. The first-order chi connectivity index (χ1) is 7.11. The van der Waals surface area contributed by atoms with Crippen molar-refractivity contribution in [3.8, 4) is 0 Å². The zero-order valence-electron chi connectivity index (χ0n) is 9.11. The predicted molar refractivity (Wildman–Crippen MR) is 56.1 cm³/mol. The average Bonchev–Trinajstić information content (AvgIpc) is 2.75. The molecule has 0 amide bonds. The highest BCUT2D eigenvalue weighted by Gasteiger charge is 2.47. The molecule has 15 heavy (non-hydrogen) atoms. The molecule has 2 aliphatic carbocycles. The summed E-state index contributed by atoms with van der Waals surface area (Å²) in [4.78, 5) is 11.4. The molecule has 4 atom stereocenters. The largest absolute Gasteiger partial charge is 0.459 e. The molecule has 2 bridgehead atoms. The van der Waals surface area contributed by atoms with Crippen LogP contribution in [0.4, 0.5) is 0 Å². The molecule has 1 N–H and O–H groups in total. The fraction of sp³-hybridized carbons (Fsp3) is 0.750. The van der Waals surface area contributed by atoms with Crippen LogP contribution in [0.1, 0.15) is 26.2 Å². The number of hydrogen-bond acceptors (Lipinski definition) is 3. The van der Waals surface area contributed by atoms with Crippen molar-refractivity contribution in [1.82, 2.24) is 0 Å². The Labute approximate surface area is 90.1 Å². The van der Waals surface area contributed by atoms with Gasteiger partial charge in [-0.1, -0.05) is 6.58 Å². The number of aliphatic hydroxyl groups is 1. The molecule has 0 aromatic rings. The third kappa shape index (κ3) is 1.93. The van der Waals surface area contributed by atoms with Crippen molar-refractivity contribution < 1.29 is 14.6 Å². The van der Waals surface area contributed by atoms with E-state index in [4.69, 9.17) is 4.74 Å². The van der Waals surface area contributed by atoms with Gasteiger partial charge >= 0.3 is 5.97 Å². The highest BCUT2D eigenvalue weighted by Crippen LogP contribution is 2.49. The van der Waals surface area contributed by atoms with Gasteiger partial charge in [-0.2, -0.15) is 0 Å². The summed E-state index contributed by atoms with van der Waals surface area (Å²) in [5.74, 6) is 1.08. The Hall–Kier alpha value is -0.830. The number of fused-ring (bicyclic) bond motifs is 2. The van der Waals surface area contributed by atoms with Crippen LogP contribution in [0.2, 0.25) is 0 Å². The average molecular weight is 210 g/mol. The molecule has 0 aromatic heterocycles. The second-order valence-corrected chi connectivity index (χ2v) is 4.90. The quantitative estimate of drug-likeness (QED) is 0.567. The molecule has 2 aliphatic rings. The van der Waals surface area contributed by atoms with Gasteiger partial charge in [-0.05, 0) is 38.0 Å². The molecular formula is C12H18O3. The third-order valence-electron chi connectivity index (χ3n) is 3.73. The Morgan fingerprint density at radius 1 is 1.47 bits per heavy atom. The number of hydrogen-bond donors (Lipinski definition) is 1. The van der Waals surface area contributed by atoms with Crippen molar-refractivity contribution in [3.63, 3.8) is 0 Å². The van der Waals surface area contributed by atoms with Crippen molar-refractivity contribution in [3.05, 3.63) is 12.2 Å². The van der Waals surface area contributed by atoms with Crippen molar-refractivity contribution in [2.45, 2.75) is 32.3 Å². The van der Waals surface area contributed by atoms with E-state index in [9.17, 15) is 9.90 Å². The van der Waals surface area contributed by atoms with E-state index in [1.807, 2.05) is 0 Å². The van der Waals surface area contributed by atoms with Crippen LogP contribution in [-0.2, 0) is 9.53 Å². The summed E-state index contributed by atoms with van der Waals surface area (Å²) in [6.45, 7) is 5.46. The maximum absolute atomic E-state index is 11.4. The Morgan fingerprint density at radius 3 is 2.73 bits per heavy atom. The van der Waals surface area contributed by atoms with Crippen LogP contribution in [-0.4, -0.2) is 23.8 Å². The lowest BCUT2D eigenvalue weighted by Crippen LogP contribution is -2.31. The van der Waals surface area contributed by atoms with Gasteiger partial charge in [-0.15, -0.1) is 0 Å². The normalized spacial score (nSPS) is 38.0. The first-order valence-electron chi connectivity index (χ1n) is 5.59. The molecule has 0 heterocycles. The minimum atomic E-state index is -0.288. The molecule has 2 rings (SSSR count). The van der Waals surface area contributed by atoms with E-state index in [0.717, 1.165) is 19.3 Å². The second kappa shape index (κ2) is 3.97. The van der Waals surface area contributed by atoms with Gasteiger partial charge in [0.2, 0.25) is 0 Å². The van der Waals surface area contributed by atoms with Crippen LogP contribution >= 0.6 is 0 Å². The van der Waals surface area contributed by atoms with Crippen molar-refractivity contribution in [2.75, 3.05) is 6.61 Å². The van der Waals surface area contributed by atoms with Gasteiger partial charge in [0.05, 0.1) is 0 Å². The molecule has 3 heteroatoms. The summed E-state index contributed by atoms with van der Waals surface area (Å²) in [6.07, 6.45) is 3.20. The molecule has 4 unspecified atom stereocenters. The van der Waals surface area contributed by atoms with Crippen LogP contribution in [0.5, 0.6) is 0 Å². The number of esters is 1. The highest BCUT2D eigenvalue weighted by atomic mass is 16.5. The van der Waals surface area contributed by atoms with Crippen LogP contribution in [0, 0.1) is 17.8 Å². The van der Waals surface area contributed by atoms with E-state index in [-0.39, 0.29) is 18.7 Å². The number of carbonyl (C=O) groups excluding carboxylic acids is 1. The maximum Gasteiger partial charge on any atom is 0.333 e. The summed E-state index contributed by atoms with van der Waals surface area (Å²) in [5, 5.41) is 9.19. The molecule has 0 radical (unpaired) electrons. The van der Waals surface area contributed by atoms with Gasteiger partial charge < -0.3 is 9.84 Å². The molecular weight excluding hydrogens is 192 g/mol. The summed E-state index contributed by atoms with van der Waals surface area (Å²) in [5.41, 5.74) is 0.457. The zero-order valence-corrected chi connectivity index (χ0v) is 9.11. The highest BCUT2D eigenvalue weighted by molar-refractivity contribution is 5.87. The molecule has 3 nitrogen and oxygen atoms in total. The molecule has 0 aliphatic heterocycles. The Kier molecular flexibility index (Phi) is 2.83. The lowest BCUT2D eigenvalue weighted by Gasteiger charge is -2.27. The number of ether oxygens (including phenoxy) is 1. The Balaban J connectivity index is 1.95. The lowest BCUT2D eigenvalue weighted by atomic mass is 9.87. The monoisotopic (exact) mass is 210 g/mol. The summed E-state index contributed by atoms with van der Waals surface area (Å²) in [7, 11) is 0. The molecule has 84 valence electrons. The van der Waals surface area contributed by atoms with Crippen LogP contribution < -0.4 is 0 Å². The second-order valence-electron chi connectivity index (χ2n) is 4.90. The molecule has 0 aromatic carbocycles. The van der Waals surface area contributed by atoms with Crippen LogP contribution in [0.25, 0.3) is 0 Å². The summed E-state index contributed by atoms with van der Waals surface area (Å²) < 4.78 is 5.39. The Morgan fingerprint density at radius 2 is 2.20 bits per heavy atom. The van der Waals surface area contributed by atoms with Gasteiger partial charge in [0.1, 0.15) is 6.10 Å². The van der Waals surface area contributed by atoms with E-state index in [1.165, 1.54) is 0 Å². The number of aliphatic hydroxyl groups excluding tert-OH is 1. The fourth-order valence-electron chi connectivity index (χ4n) is 3.01. The first-order valence-corrected chi connectivity index (χ1v) is 5.59. The van der Waals surface area contributed by atoms with Crippen molar-refractivity contribution >= 4 is 5.97 Å². The van der Waals surface area contributed by atoms with E-state index in [0.29, 0.717) is 23.3 Å². The van der Waals surface area contributed by atoms with Crippen molar-refractivity contribution in [2.24, 2.45) is 17.8 Å². The van der Waals surface area contributed by atoms with Crippen LogP contribution in [0.15, 0.2) is 12.2 Å². The SMILES string of the molecule is C=C(C)C(=O)OC1CC2CC(CO)C1C2. The van der Waals surface area contributed by atoms with E-state index in [1.54, 1.807) is 6.92 Å². The summed E-state index contributed by atoms with van der Waals surface area (Å²) >= 11 is 0. The molecule has 0 saturated heterocycles. The topological polar surface area (TPSA) is 46.5 Å². The predicted octanol–water partition coefficient (Wildman–Crippen LogP) is 1.51. The molecule has 2 saturated carbocycles. The Bertz CT molecular complexity index is 285. The van der Waals surface area contributed by atoms with Gasteiger partial charge in [-0.3, -0.25) is 0 Å². The van der Waals surface area contributed by atoms with Gasteiger partial charge in [0.15, 0.2) is 0 Å². The standard InChI is InChI=1S/C12H18O3/c1-7(2)12(14)15-11-5-8-3-9(6-13)10(11)4-8/h8-11,13H,1,3-6H2,2H3. The van der Waals surface area contributed by atoms with Gasteiger partial charge in [0.25, 0.3) is 0 Å². The van der Waals surface area contributed by atoms with E-state index >= 15 is 0 Å². The minimum absolute atomic E-state index is 0.0186. The first kappa shape index (κ1) is 10.7. The van der Waals surface area contributed by atoms with E-state index < -0.39 is 0 Å². The van der Waals surface area contributed by atoms with Gasteiger partial charge in [0, 0.05) is 18.1 Å². The third-order valence-corrected chi connectivity index (χ3v) is 3.73. The van der Waals surface area contributed by atoms with Crippen molar-refractivity contribution in [1.29, 1.82) is 0 Å². The van der Waals surface area contributed by atoms with E-state index in [2.05, 4.69) is 6.58 Å². The smallest absolute Gasteiger partial charge is 0.333 e. The van der Waals surface area contributed by atoms with Gasteiger partial charge in [-0.25, -0.2) is 4.79 Å². The fourth-order valence-corrected chi connectivity index (χ4v) is 3.01. The van der Waals surface area contributed by atoms with Crippen LogP contribution in [0.3, 0.4) is 0 Å². The zero-order chi connectivity index (χ0) is 11.0. The maximum atomic E-state index is 11.4. The molecule has 0 spiro atoms. The molecule has 2 fully saturated rings. The summed E-state index contributed by atoms with van der Waals surface area (Å²) in [6, 6.07) is 0. The number of rotatable bonds is 3. The lowest BCUT2D eigenvalue weighted by molar-refractivity contribution is -0.148. The minimum Gasteiger partial charge on any atom is -0.459 e.